The van der Waals surface area contributed by atoms with Gasteiger partial charge in [-0.2, -0.15) is 0 Å². The number of methoxy groups -OCH3 is 1. The van der Waals surface area contributed by atoms with E-state index in [1.807, 2.05) is 11.9 Å². The summed E-state index contributed by atoms with van der Waals surface area (Å²) < 4.78 is 18.4. The summed E-state index contributed by atoms with van der Waals surface area (Å²) in [6.07, 6.45) is -1.07. The third-order valence-corrected chi connectivity index (χ3v) is 2.62. The number of rotatable bonds is 2. The van der Waals surface area contributed by atoms with Crippen molar-refractivity contribution in [1.29, 1.82) is 0 Å². The van der Waals surface area contributed by atoms with Gasteiger partial charge in [0.25, 0.3) is 0 Å². The van der Waals surface area contributed by atoms with Crippen LogP contribution in [0, 0.1) is 5.92 Å². The van der Waals surface area contributed by atoms with Gasteiger partial charge in [0.2, 0.25) is 0 Å². The Bertz CT molecular complexity index is 151. The molecule has 1 aliphatic rings. The van der Waals surface area contributed by atoms with Gasteiger partial charge in [-0.3, -0.25) is 4.90 Å². The first-order valence-electron chi connectivity index (χ1n) is 4.45. The monoisotopic (exact) mass is 175 g/mol. The first-order chi connectivity index (χ1) is 5.57. The molecule has 1 saturated heterocycles. The number of hydrogen-bond donors (Lipinski definition) is 0. The van der Waals surface area contributed by atoms with E-state index in [1.54, 1.807) is 7.11 Å². The number of hydrogen-bond acceptors (Lipinski definition) is 2. The lowest BCUT2D eigenvalue weighted by atomic mass is 9.99. The quantitative estimate of drug-likeness (QED) is 0.627. The van der Waals surface area contributed by atoms with Gasteiger partial charge in [0.1, 0.15) is 12.3 Å². The zero-order chi connectivity index (χ0) is 9.30. The van der Waals surface area contributed by atoms with Crippen molar-refractivity contribution < 1.29 is 9.13 Å². The summed E-state index contributed by atoms with van der Waals surface area (Å²) in [5, 5.41) is 0. The van der Waals surface area contributed by atoms with E-state index in [2.05, 4.69) is 13.8 Å². The fourth-order valence-corrected chi connectivity index (χ4v) is 2.14. The van der Waals surface area contributed by atoms with Gasteiger partial charge in [-0.1, -0.05) is 13.8 Å². The molecule has 0 aromatic heterocycles. The van der Waals surface area contributed by atoms with Crippen LogP contribution in [0.1, 0.15) is 13.8 Å². The number of likely N-dealkylation sites (N-methyl/N-ethyl adjacent to an activating group) is 1. The third kappa shape index (κ3) is 1.62. The Morgan fingerprint density at radius 3 is 2.42 bits per heavy atom. The molecule has 0 amide bonds. The molecule has 1 rings (SSSR count). The van der Waals surface area contributed by atoms with Crippen molar-refractivity contribution in [2.45, 2.75) is 32.2 Å². The standard InChI is InChI=1S/C9H18FNO/c1-6(2)8-9(12-4)7(10)5-11(8)3/h6-9H,5H2,1-4H3. The third-order valence-electron chi connectivity index (χ3n) is 2.62. The SMILES string of the molecule is COC1C(F)CN(C)C1C(C)C. The van der Waals surface area contributed by atoms with Crippen LogP contribution >= 0.6 is 0 Å². The Balaban J connectivity index is 2.68. The second-order valence-electron chi connectivity index (χ2n) is 3.89. The number of halogens is 1. The predicted octanol–water partition coefficient (Wildman–Crippen LogP) is 1.31. The first-order valence-corrected chi connectivity index (χ1v) is 4.45. The molecule has 72 valence electrons. The van der Waals surface area contributed by atoms with Crippen LogP contribution in [0.3, 0.4) is 0 Å². The number of ether oxygens (including phenoxy) is 1. The maximum Gasteiger partial charge on any atom is 0.140 e. The van der Waals surface area contributed by atoms with E-state index in [1.165, 1.54) is 0 Å². The predicted molar refractivity (Wildman–Crippen MR) is 46.9 cm³/mol. The summed E-state index contributed by atoms with van der Waals surface area (Å²) in [4.78, 5) is 2.05. The Labute approximate surface area is 73.7 Å². The highest BCUT2D eigenvalue weighted by Crippen LogP contribution is 2.26. The van der Waals surface area contributed by atoms with Gasteiger partial charge in [0, 0.05) is 19.7 Å². The van der Waals surface area contributed by atoms with Crippen LogP contribution in [0.15, 0.2) is 0 Å². The molecule has 0 spiro atoms. The van der Waals surface area contributed by atoms with Crippen molar-refractivity contribution in [2.75, 3.05) is 20.7 Å². The summed E-state index contributed by atoms with van der Waals surface area (Å²) in [5.74, 6) is 0.445. The van der Waals surface area contributed by atoms with Gasteiger partial charge in [-0.05, 0) is 13.0 Å². The lowest BCUT2D eigenvalue weighted by Gasteiger charge is -2.27. The molecule has 1 heterocycles. The van der Waals surface area contributed by atoms with Crippen molar-refractivity contribution in [2.24, 2.45) is 5.92 Å². The molecular weight excluding hydrogens is 157 g/mol. The van der Waals surface area contributed by atoms with Crippen LogP contribution in [-0.4, -0.2) is 43.9 Å². The highest BCUT2D eigenvalue weighted by Gasteiger charge is 2.41. The topological polar surface area (TPSA) is 12.5 Å². The van der Waals surface area contributed by atoms with Crippen LogP contribution in [0.5, 0.6) is 0 Å². The van der Waals surface area contributed by atoms with E-state index in [4.69, 9.17) is 4.74 Å². The van der Waals surface area contributed by atoms with Gasteiger partial charge in [0.05, 0.1) is 0 Å². The minimum absolute atomic E-state index is 0.227. The van der Waals surface area contributed by atoms with Crippen molar-refractivity contribution in [3.05, 3.63) is 0 Å². The van der Waals surface area contributed by atoms with E-state index in [0.717, 1.165) is 0 Å². The largest absolute Gasteiger partial charge is 0.377 e. The smallest absolute Gasteiger partial charge is 0.140 e. The van der Waals surface area contributed by atoms with E-state index in [9.17, 15) is 4.39 Å². The van der Waals surface area contributed by atoms with Crippen LogP contribution in [0.25, 0.3) is 0 Å². The molecule has 0 aromatic carbocycles. The molecule has 3 heteroatoms. The molecule has 3 unspecified atom stereocenters. The minimum Gasteiger partial charge on any atom is -0.377 e. The molecule has 0 aliphatic carbocycles. The molecule has 1 aliphatic heterocycles. The zero-order valence-corrected chi connectivity index (χ0v) is 8.25. The van der Waals surface area contributed by atoms with E-state index in [0.29, 0.717) is 12.5 Å². The number of nitrogens with zero attached hydrogens (tertiary/aromatic N) is 1. The van der Waals surface area contributed by atoms with E-state index in [-0.39, 0.29) is 12.1 Å². The summed E-state index contributed by atoms with van der Waals surface area (Å²) >= 11 is 0. The van der Waals surface area contributed by atoms with Crippen LogP contribution in [0.2, 0.25) is 0 Å². The van der Waals surface area contributed by atoms with Crippen LogP contribution in [0.4, 0.5) is 4.39 Å². The Kier molecular flexibility index (Phi) is 3.07. The molecule has 3 atom stereocenters. The highest BCUT2D eigenvalue weighted by molar-refractivity contribution is 4.94. The molecule has 0 saturated carbocycles. The molecule has 0 N–H and O–H groups in total. The van der Waals surface area contributed by atoms with Crippen LogP contribution < -0.4 is 0 Å². The average Bonchev–Trinajstić information content (AvgIpc) is 2.24. The summed E-state index contributed by atoms with van der Waals surface area (Å²) in [6, 6.07) is 0.227. The lowest BCUT2D eigenvalue weighted by Crippen LogP contribution is -2.38. The van der Waals surface area contributed by atoms with Crippen molar-refractivity contribution >= 4 is 0 Å². The normalized spacial score (nSPS) is 38.0. The molecule has 0 aromatic rings. The average molecular weight is 175 g/mol. The van der Waals surface area contributed by atoms with Crippen molar-refractivity contribution in [3.63, 3.8) is 0 Å². The van der Waals surface area contributed by atoms with Gasteiger partial charge >= 0.3 is 0 Å². The van der Waals surface area contributed by atoms with E-state index < -0.39 is 6.17 Å². The molecule has 12 heavy (non-hydrogen) atoms. The zero-order valence-electron chi connectivity index (χ0n) is 8.25. The summed E-state index contributed by atoms with van der Waals surface area (Å²) in [7, 11) is 3.54. The highest BCUT2D eigenvalue weighted by atomic mass is 19.1. The van der Waals surface area contributed by atoms with Crippen molar-refractivity contribution in [1.82, 2.24) is 4.90 Å². The Hall–Kier alpha value is -0.150. The molecule has 0 radical (unpaired) electrons. The fourth-order valence-electron chi connectivity index (χ4n) is 2.14. The summed E-state index contributed by atoms with van der Waals surface area (Å²) in [6.45, 7) is 4.71. The van der Waals surface area contributed by atoms with Gasteiger partial charge in [-0.15, -0.1) is 0 Å². The number of likely N-dealkylation sites (tertiary alicyclic amines) is 1. The Morgan fingerprint density at radius 2 is 2.08 bits per heavy atom. The van der Waals surface area contributed by atoms with Crippen molar-refractivity contribution in [3.8, 4) is 0 Å². The molecule has 2 nitrogen and oxygen atoms in total. The first kappa shape index (κ1) is 9.93. The van der Waals surface area contributed by atoms with Crippen LogP contribution in [-0.2, 0) is 4.74 Å². The molecular formula is C9H18FNO. The molecule has 1 fully saturated rings. The van der Waals surface area contributed by atoms with Gasteiger partial charge in [-0.25, -0.2) is 4.39 Å². The minimum atomic E-state index is -0.826. The number of alkyl halides is 1. The lowest BCUT2D eigenvalue weighted by molar-refractivity contribution is 0.0219. The maximum atomic E-state index is 13.3. The van der Waals surface area contributed by atoms with E-state index >= 15 is 0 Å². The second-order valence-corrected chi connectivity index (χ2v) is 3.89. The molecule has 0 bridgehead atoms. The maximum absolute atomic E-state index is 13.3. The summed E-state index contributed by atoms with van der Waals surface area (Å²) in [5.41, 5.74) is 0. The van der Waals surface area contributed by atoms with Gasteiger partial charge in [0.15, 0.2) is 0 Å². The van der Waals surface area contributed by atoms with Gasteiger partial charge < -0.3 is 4.74 Å². The second kappa shape index (κ2) is 3.71. The fraction of sp³-hybridized carbons (Fsp3) is 1.00. The Morgan fingerprint density at radius 1 is 1.50 bits per heavy atom.